The van der Waals surface area contributed by atoms with Crippen LogP contribution in [0.15, 0.2) is 0 Å². The van der Waals surface area contributed by atoms with Gasteiger partial charge in [-0.05, 0) is 90.1 Å². The molecule has 4 aliphatic rings. The van der Waals surface area contributed by atoms with Gasteiger partial charge in [-0.15, -0.1) is 0 Å². The molecule has 4 saturated carbocycles. The molecule has 16 heavy (non-hydrogen) atoms. The number of rotatable bonds is 3. The van der Waals surface area contributed by atoms with Gasteiger partial charge in [0.25, 0.3) is 0 Å². The third kappa shape index (κ3) is 1.80. The van der Waals surface area contributed by atoms with E-state index >= 15 is 0 Å². The molecule has 0 N–H and O–H groups in total. The fourth-order valence-corrected chi connectivity index (χ4v) is 9.65. The van der Waals surface area contributed by atoms with E-state index < -0.39 is 0 Å². The van der Waals surface area contributed by atoms with Crippen LogP contribution in [-0.2, 0) is 0 Å². The Kier molecular flexibility index (Phi) is 2.83. The molecule has 4 rings (SSSR count). The van der Waals surface area contributed by atoms with E-state index in [0.29, 0.717) is 0 Å². The van der Waals surface area contributed by atoms with E-state index in [2.05, 4.69) is 0 Å². The SMILES string of the molecule is C1CC2CC1CC2[P][P]C1CC2CCC1C2. The Morgan fingerprint density at radius 3 is 1.38 bits per heavy atom. The van der Waals surface area contributed by atoms with Gasteiger partial charge in [0.15, 0.2) is 0 Å². The fraction of sp³-hybridized carbons (Fsp3) is 1.00. The first-order chi connectivity index (χ1) is 7.88. The zero-order chi connectivity index (χ0) is 10.5. The van der Waals surface area contributed by atoms with Gasteiger partial charge in [-0.2, -0.15) is 0 Å². The van der Waals surface area contributed by atoms with Crippen LogP contribution in [0.1, 0.15) is 51.4 Å². The molecule has 0 aliphatic heterocycles. The lowest BCUT2D eigenvalue weighted by Crippen LogP contribution is -2.13. The van der Waals surface area contributed by atoms with Gasteiger partial charge in [0, 0.05) is 0 Å². The molecule has 4 bridgehead atoms. The summed E-state index contributed by atoms with van der Waals surface area (Å²) in [6, 6.07) is 0. The average Bonchev–Trinajstić information content (AvgIpc) is 3.05. The van der Waals surface area contributed by atoms with Gasteiger partial charge < -0.3 is 0 Å². The summed E-state index contributed by atoms with van der Waals surface area (Å²) < 4.78 is 0. The van der Waals surface area contributed by atoms with Crippen molar-refractivity contribution in [3.05, 3.63) is 0 Å². The lowest BCUT2D eigenvalue weighted by atomic mass is 10.0. The molecule has 0 heterocycles. The summed E-state index contributed by atoms with van der Waals surface area (Å²) in [5.74, 6) is 4.60. The van der Waals surface area contributed by atoms with E-state index in [4.69, 9.17) is 0 Å². The van der Waals surface area contributed by atoms with Crippen molar-refractivity contribution in [2.45, 2.75) is 62.7 Å². The maximum atomic E-state index is 1.84. The van der Waals surface area contributed by atoms with Gasteiger partial charge in [0.2, 0.25) is 0 Å². The van der Waals surface area contributed by atoms with Crippen LogP contribution >= 0.6 is 16.5 Å². The Bertz CT molecular complexity index is 250. The molecule has 0 nitrogen and oxygen atoms in total. The van der Waals surface area contributed by atoms with Crippen molar-refractivity contribution in [2.75, 3.05) is 0 Å². The van der Waals surface area contributed by atoms with E-state index in [0.717, 1.165) is 35.0 Å². The number of hydrogen-bond acceptors (Lipinski definition) is 0. The Hall–Kier alpha value is 0.860. The lowest BCUT2D eigenvalue weighted by molar-refractivity contribution is 0.487. The summed E-state index contributed by atoms with van der Waals surface area (Å²) in [6.07, 6.45) is 12.7. The molecule has 6 unspecified atom stereocenters. The van der Waals surface area contributed by atoms with E-state index in [9.17, 15) is 0 Å². The van der Waals surface area contributed by atoms with E-state index in [1.807, 2.05) is 16.5 Å². The first kappa shape index (κ1) is 10.8. The Morgan fingerprint density at radius 2 is 1.06 bits per heavy atom. The summed E-state index contributed by atoms with van der Waals surface area (Å²) >= 11 is 0. The van der Waals surface area contributed by atoms with Crippen molar-refractivity contribution in [2.24, 2.45) is 23.7 Å². The third-order valence-corrected chi connectivity index (χ3v) is 9.94. The molecule has 2 radical (unpaired) electrons. The number of fused-ring (bicyclic) bond motifs is 4. The first-order valence-electron chi connectivity index (χ1n) is 7.28. The van der Waals surface area contributed by atoms with Crippen molar-refractivity contribution >= 4 is 16.5 Å². The summed E-state index contributed by atoms with van der Waals surface area (Å²) in [5, 5.41) is 0. The van der Waals surface area contributed by atoms with Crippen molar-refractivity contribution in [3.8, 4) is 0 Å². The van der Waals surface area contributed by atoms with Gasteiger partial charge >= 0.3 is 0 Å². The predicted octanol–water partition coefficient (Wildman–Crippen LogP) is 5.17. The van der Waals surface area contributed by atoms with E-state index in [-0.39, 0.29) is 0 Å². The van der Waals surface area contributed by atoms with E-state index in [1.165, 1.54) is 0 Å². The minimum atomic E-state index is 1.12. The van der Waals surface area contributed by atoms with Crippen LogP contribution in [-0.4, -0.2) is 11.3 Å². The van der Waals surface area contributed by atoms with Crippen LogP contribution < -0.4 is 0 Å². The first-order valence-corrected chi connectivity index (χ1v) is 9.91. The highest BCUT2D eigenvalue weighted by Gasteiger charge is 2.43. The molecule has 0 aromatic carbocycles. The van der Waals surface area contributed by atoms with Gasteiger partial charge in [-0.3, -0.25) is 0 Å². The molecule has 2 heteroatoms. The van der Waals surface area contributed by atoms with Crippen LogP contribution in [0.5, 0.6) is 0 Å². The quantitative estimate of drug-likeness (QED) is 0.608. The minimum Gasteiger partial charge on any atom is -0.0501 e. The number of hydrogen-bond donors (Lipinski definition) is 0. The molecular weight excluding hydrogens is 230 g/mol. The molecule has 6 atom stereocenters. The van der Waals surface area contributed by atoms with Crippen LogP contribution in [0.25, 0.3) is 0 Å². The molecule has 0 aromatic rings. The maximum absolute atomic E-state index is 1.84. The second kappa shape index (κ2) is 4.20. The van der Waals surface area contributed by atoms with Gasteiger partial charge in [0.05, 0.1) is 0 Å². The fourth-order valence-electron chi connectivity index (χ4n) is 4.88. The molecule has 0 aromatic heterocycles. The molecule has 88 valence electrons. The molecule has 0 saturated heterocycles. The topological polar surface area (TPSA) is 0 Å². The average molecular weight is 252 g/mol. The Morgan fingerprint density at radius 1 is 0.562 bits per heavy atom. The van der Waals surface area contributed by atoms with Gasteiger partial charge in [-0.25, -0.2) is 0 Å². The Labute approximate surface area is 103 Å². The molecule has 4 fully saturated rings. The highest BCUT2D eigenvalue weighted by Crippen LogP contribution is 2.63. The van der Waals surface area contributed by atoms with Crippen molar-refractivity contribution in [1.29, 1.82) is 0 Å². The van der Waals surface area contributed by atoms with Gasteiger partial charge in [0.1, 0.15) is 0 Å². The zero-order valence-corrected chi connectivity index (χ0v) is 11.8. The highest BCUT2D eigenvalue weighted by atomic mass is 32.0. The largest absolute Gasteiger partial charge is 0.0501 e. The zero-order valence-electron chi connectivity index (χ0n) is 10.0. The molecule has 0 amide bonds. The Balaban J connectivity index is 1.30. The minimum absolute atomic E-state index is 1.12. The van der Waals surface area contributed by atoms with Crippen LogP contribution in [0.2, 0.25) is 0 Å². The monoisotopic (exact) mass is 252 g/mol. The van der Waals surface area contributed by atoms with E-state index in [1.54, 1.807) is 51.4 Å². The van der Waals surface area contributed by atoms with Crippen LogP contribution in [0.4, 0.5) is 0 Å². The predicted molar refractivity (Wildman–Crippen MR) is 72.3 cm³/mol. The standard InChI is InChI=1S/C14H22P2/c1-3-11-5-9(1)7-13(11)15-16-14-8-10-2-4-12(14)6-10/h9-14H,1-8H2. The second-order valence-electron chi connectivity index (χ2n) is 6.72. The summed E-state index contributed by atoms with van der Waals surface area (Å²) in [4.78, 5) is 0. The second-order valence-corrected chi connectivity index (χ2v) is 9.89. The summed E-state index contributed by atoms with van der Waals surface area (Å²) in [7, 11) is 3.68. The van der Waals surface area contributed by atoms with Crippen LogP contribution in [0.3, 0.4) is 0 Å². The van der Waals surface area contributed by atoms with Crippen molar-refractivity contribution in [1.82, 2.24) is 0 Å². The summed E-state index contributed by atoms with van der Waals surface area (Å²) in [6.45, 7) is 0. The van der Waals surface area contributed by atoms with Crippen molar-refractivity contribution < 1.29 is 0 Å². The van der Waals surface area contributed by atoms with Crippen LogP contribution in [0, 0.1) is 23.7 Å². The molecule has 0 spiro atoms. The molecular formula is C14H22P2. The normalized spacial score (nSPS) is 55.5. The molecule has 4 aliphatic carbocycles. The summed E-state index contributed by atoms with van der Waals surface area (Å²) in [5.41, 5.74) is 2.25. The highest BCUT2D eigenvalue weighted by molar-refractivity contribution is 8.12. The third-order valence-electron chi connectivity index (χ3n) is 5.76. The van der Waals surface area contributed by atoms with Crippen molar-refractivity contribution in [3.63, 3.8) is 0 Å². The van der Waals surface area contributed by atoms with Gasteiger partial charge in [-0.1, -0.05) is 12.8 Å². The maximum Gasteiger partial charge on any atom is -0.00942 e. The lowest BCUT2D eigenvalue weighted by Gasteiger charge is -2.25. The smallest absolute Gasteiger partial charge is 0.00942 e.